The van der Waals surface area contributed by atoms with Crippen LogP contribution in [0.2, 0.25) is 0 Å². The van der Waals surface area contributed by atoms with Crippen LogP contribution in [0.1, 0.15) is 40.5 Å². The fraction of sp³-hybridized carbons (Fsp3) is 0.900. The monoisotopic (exact) mass is 218 g/mol. The number of hydrogen-bond acceptors (Lipinski definition) is 3. The molecule has 84 valence electrons. The zero-order chi connectivity index (χ0) is 11.1. The number of rotatable bonds is 6. The normalized spacial score (nSPS) is 13.0. The van der Waals surface area contributed by atoms with Crippen LogP contribution in [0.5, 0.6) is 0 Å². The highest BCUT2D eigenvalue weighted by molar-refractivity contribution is 7.78. The van der Waals surface area contributed by atoms with E-state index in [2.05, 4.69) is 31.6 Å². The Labute approximate surface area is 93.0 Å². The molecule has 0 aromatic carbocycles. The van der Waals surface area contributed by atoms with Gasteiger partial charge < -0.3 is 0 Å². The Bertz CT molecular complexity index is 172. The van der Waals surface area contributed by atoms with Crippen molar-refractivity contribution in [2.45, 2.75) is 46.7 Å². The van der Waals surface area contributed by atoms with Crippen LogP contribution in [-0.2, 0) is 4.79 Å². The molecule has 0 N–H and O–H groups in total. The largest absolute Gasteiger partial charge is 0.283 e. The van der Waals surface area contributed by atoms with E-state index in [9.17, 15) is 4.79 Å². The summed E-state index contributed by atoms with van der Waals surface area (Å²) >= 11 is 4.24. The summed E-state index contributed by atoms with van der Waals surface area (Å²) < 4.78 is 1.54. The number of nitrogens with zero attached hydrogens (tertiary/aromatic N) is 2. The molecule has 0 fully saturated rings. The van der Waals surface area contributed by atoms with Gasteiger partial charge in [0.25, 0.3) is 0 Å². The van der Waals surface area contributed by atoms with Crippen molar-refractivity contribution in [1.29, 1.82) is 0 Å². The van der Waals surface area contributed by atoms with Crippen LogP contribution >= 0.6 is 12.8 Å². The van der Waals surface area contributed by atoms with E-state index in [1.807, 2.05) is 13.8 Å². The first kappa shape index (κ1) is 13.8. The molecule has 3 nitrogen and oxygen atoms in total. The SMILES string of the molecule is CCCC(=O)N(S)C(C)N(CC)CC. The van der Waals surface area contributed by atoms with Crippen LogP contribution in [0, 0.1) is 0 Å². The minimum absolute atomic E-state index is 0.0763. The van der Waals surface area contributed by atoms with Crippen molar-refractivity contribution in [3.05, 3.63) is 0 Å². The van der Waals surface area contributed by atoms with Crippen molar-refractivity contribution < 1.29 is 4.79 Å². The summed E-state index contributed by atoms with van der Waals surface area (Å²) in [5, 5.41) is 0. The number of amides is 1. The quantitative estimate of drug-likeness (QED) is 0.545. The van der Waals surface area contributed by atoms with Crippen molar-refractivity contribution in [3.8, 4) is 0 Å². The molecular weight excluding hydrogens is 196 g/mol. The topological polar surface area (TPSA) is 23.6 Å². The van der Waals surface area contributed by atoms with E-state index in [4.69, 9.17) is 0 Å². The summed E-state index contributed by atoms with van der Waals surface area (Å²) in [6.45, 7) is 10.1. The summed E-state index contributed by atoms with van der Waals surface area (Å²) in [4.78, 5) is 13.7. The van der Waals surface area contributed by atoms with E-state index >= 15 is 0 Å². The molecule has 0 saturated heterocycles. The van der Waals surface area contributed by atoms with E-state index in [0.717, 1.165) is 19.5 Å². The number of carbonyl (C=O) groups excluding carboxylic acids is 1. The third kappa shape index (κ3) is 3.88. The van der Waals surface area contributed by atoms with E-state index in [1.165, 1.54) is 4.31 Å². The second-order valence-electron chi connectivity index (χ2n) is 3.34. The third-order valence-electron chi connectivity index (χ3n) is 2.41. The Morgan fingerprint density at radius 3 is 2.14 bits per heavy atom. The van der Waals surface area contributed by atoms with Crippen molar-refractivity contribution in [2.75, 3.05) is 13.1 Å². The summed E-state index contributed by atoms with van der Waals surface area (Å²) in [5.74, 6) is 0.107. The molecule has 0 radical (unpaired) electrons. The maximum atomic E-state index is 11.5. The van der Waals surface area contributed by atoms with Crippen molar-refractivity contribution in [3.63, 3.8) is 0 Å². The molecule has 14 heavy (non-hydrogen) atoms. The van der Waals surface area contributed by atoms with Crippen molar-refractivity contribution in [1.82, 2.24) is 9.21 Å². The lowest BCUT2D eigenvalue weighted by Crippen LogP contribution is -2.44. The fourth-order valence-electron chi connectivity index (χ4n) is 1.44. The second-order valence-corrected chi connectivity index (χ2v) is 3.77. The standard InChI is InChI=1S/C10H22N2OS/c1-5-8-10(13)12(14)9(4)11(6-2)7-3/h9,14H,5-8H2,1-4H3. The molecule has 0 rings (SSSR count). The first-order valence-corrected chi connectivity index (χ1v) is 5.73. The van der Waals surface area contributed by atoms with Crippen LogP contribution in [-0.4, -0.2) is 34.4 Å². The van der Waals surface area contributed by atoms with Crippen molar-refractivity contribution in [2.24, 2.45) is 0 Å². The van der Waals surface area contributed by atoms with Crippen LogP contribution in [0.25, 0.3) is 0 Å². The van der Waals surface area contributed by atoms with Gasteiger partial charge in [0, 0.05) is 6.42 Å². The highest BCUT2D eigenvalue weighted by Crippen LogP contribution is 2.10. The summed E-state index contributed by atoms with van der Waals surface area (Å²) in [6, 6.07) is 0. The summed E-state index contributed by atoms with van der Waals surface area (Å²) in [7, 11) is 0. The van der Waals surface area contributed by atoms with Crippen LogP contribution in [0.15, 0.2) is 0 Å². The van der Waals surface area contributed by atoms with Gasteiger partial charge >= 0.3 is 0 Å². The van der Waals surface area contributed by atoms with E-state index in [1.54, 1.807) is 0 Å². The molecule has 1 amide bonds. The molecule has 1 atom stereocenters. The van der Waals surface area contributed by atoms with Gasteiger partial charge in [0.1, 0.15) is 0 Å². The average molecular weight is 218 g/mol. The van der Waals surface area contributed by atoms with Gasteiger partial charge in [-0.25, -0.2) is 0 Å². The highest BCUT2D eigenvalue weighted by atomic mass is 32.1. The number of hydrogen-bond donors (Lipinski definition) is 1. The zero-order valence-electron chi connectivity index (χ0n) is 9.66. The van der Waals surface area contributed by atoms with Gasteiger partial charge in [-0.15, -0.1) is 0 Å². The highest BCUT2D eigenvalue weighted by Gasteiger charge is 2.19. The first-order chi connectivity index (χ1) is 6.58. The summed E-state index contributed by atoms with van der Waals surface area (Å²) in [5.41, 5.74) is 0. The Kier molecular flexibility index (Phi) is 7.01. The molecule has 0 bridgehead atoms. The minimum atomic E-state index is 0.0763. The van der Waals surface area contributed by atoms with E-state index in [0.29, 0.717) is 6.42 Å². The maximum Gasteiger partial charge on any atom is 0.233 e. The van der Waals surface area contributed by atoms with Gasteiger partial charge in [0.05, 0.1) is 6.17 Å². The zero-order valence-corrected chi connectivity index (χ0v) is 10.6. The van der Waals surface area contributed by atoms with Crippen LogP contribution in [0.3, 0.4) is 0 Å². The molecule has 0 spiro atoms. The number of carbonyl (C=O) groups is 1. The fourth-order valence-corrected chi connectivity index (χ4v) is 1.69. The Balaban J connectivity index is 4.21. The Morgan fingerprint density at radius 1 is 1.29 bits per heavy atom. The predicted molar refractivity (Wildman–Crippen MR) is 63.1 cm³/mol. The number of thiol groups is 1. The lowest BCUT2D eigenvalue weighted by Gasteiger charge is -2.32. The van der Waals surface area contributed by atoms with E-state index < -0.39 is 0 Å². The molecule has 4 heteroatoms. The molecule has 0 aromatic rings. The molecule has 1 unspecified atom stereocenters. The van der Waals surface area contributed by atoms with Gasteiger partial charge in [-0.05, 0) is 26.4 Å². The smallest absolute Gasteiger partial charge is 0.233 e. The Hall–Kier alpha value is -0.220. The molecule has 0 aliphatic heterocycles. The molecule has 0 aliphatic carbocycles. The molecule has 0 heterocycles. The molecular formula is C10H22N2OS. The minimum Gasteiger partial charge on any atom is -0.283 e. The lowest BCUT2D eigenvalue weighted by molar-refractivity contribution is -0.129. The van der Waals surface area contributed by atoms with E-state index in [-0.39, 0.29) is 12.1 Å². The molecule has 0 saturated carbocycles. The van der Waals surface area contributed by atoms with Crippen LogP contribution in [0.4, 0.5) is 0 Å². The maximum absolute atomic E-state index is 11.5. The van der Waals surface area contributed by atoms with Gasteiger partial charge in [0.2, 0.25) is 5.91 Å². The first-order valence-electron chi connectivity index (χ1n) is 5.33. The van der Waals surface area contributed by atoms with Gasteiger partial charge in [0.15, 0.2) is 0 Å². The lowest BCUT2D eigenvalue weighted by atomic mass is 10.3. The van der Waals surface area contributed by atoms with Gasteiger partial charge in [-0.3, -0.25) is 14.0 Å². The van der Waals surface area contributed by atoms with Gasteiger partial charge in [-0.2, -0.15) is 0 Å². The molecule has 0 aromatic heterocycles. The van der Waals surface area contributed by atoms with Gasteiger partial charge in [-0.1, -0.05) is 33.6 Å². The average Bonchev–Trinajstić information content (AvgIpc) is 2.18. The third-order valence-corrected chi connectivity index (χ3v) is 2.97. The van der Waals surface area contributed by atoms with Crippen LogP contribution < -0.4 is 0 Å². The predicted octanol–water partition coefficient (Wildman–Crippen LogP) is 2.15. The molecule has 0 aliphatic rings. The second kappa shape index (κ2) is 7.12. The van der Waals surface area contributed by atoms with Crippen molar-refractivity contribution >= 4 is 18.7 Å². The Morgan fingerprint density at radius 2 is 1.79 bits per heavy atom. The summed E-state index contributed by atoms with van der Waals surface area (Å²) in [6.07, 6.45) is 1.53.